The number of carbonyl (C=O) groups excluding carboxylic acids is 2. The van der Waals surface area contributed by atoms with Gasteiger partial charge in [-0.05, 0) is 25.8 Å². The van der Waals surface area contributed by atoms with E-state index in [1.165, 1.54) is 6.26 Å². The largest absolute Gasteiger partial charge is 0.457 e. The number of esters is 1. The molecule has 1 aromatic heterocycles. The van der Waals surface area contributed by atoms with E-state index in [4.69, 9.17) is 9.15 Å². The van der Waals surface area contributed by atoms with Crippen LogP contribution in [0.2, 0.25) is 0 Å². The lowest BCUT2D eigenvalue weighted by atomic mass is 10.1. The van der Waals surface area contributed by atoms with Gasteiger partial charge in [-0.25, -0.2) is 4.79 Å². The van der Waals surface area contributed by atoms with E-state index in [1.807, 2.05) is 6.07 Å². The third-order valence-corrected chi connectivity index (χ3v) is 3.54. The van der Waals surface area contributed by atoms with E-state index < -0.39 is 12.1 Å². The van der Waals surface area contributed by atoms with Gasteiger partial charge in [0.15, 0.2) is 0 Å². The fourth-order valence-corrected chi connectivity index (χ4v) is 2.15. The van der Waals surface area contributed by atoms with E-state index >= 15 is 0 Å². The van der Waals surface area contributed by atoms with E-state index in [9.17, 15) is 9.59 Å². The Morgan fingerprint density at radius 2 is 1.95 bits per heavy atom. The number of ether oxygens (including phenoxy) is 1. The van der Waals surface area contributed by atoms with Gasteiger partial charge in [0.2, 0.25) is 11.9 Å². The van der Waals surface area contributed by atoms with Crippen LogP contribution in [0, 0.1) is 6.92 Å². The summed E-state index contributed by atoms with van der Waals surface area (Å²) in [5.74, 6) is -0.811. The van der Waals surface area contributed by atoms with Crippen LogP contribution in [0.5, 0.6) is 0 Å². The van der Waals surface area contributed by atoms with Crippen molar-refractivity contribution in [3.63, 3.8) is 0 Å². The van der Waals surface area contributed by atoms with Gasteiger partial charge in [0.25, 0.3) is 5.91 Å². The SMILES string of the molecule is Cc1ccoc1C(=O)OC(C(=O)NC1CC1)c1ccccc1. The second-order valence-corrected chi connectivity index (χ2v) is 5.41. The zero-order chi connectivity index (χ0) is 15.5. The standard InChI is InChI=1S/C17H17NO4/c1-11-9-10-21-14(11)17(20)22-15(12-5-3-2-4-6-12)16(19)18-13-7-8-13/h2-6,9-10,13,15H,7-8H2,1H3,(H,18,19). The number of hydrogen-bond donors (Lipinski definition) is 1. The molecule has 1 unspecified atom stereocenters. The maximum atomic E-state index is 12.4. The molecule has 0 bridgehead atoms. The smallest absolute Gasteiger partial charge is 0.375 e. The molecule has 1 aliphatic rings. The van der Waals surface area contributed by atoms with Gasteiger partial charge >= 0.3 is 5.97 Å². The summed E-state index contributed by atoms with van der Waals surface area (Å²) in [6.45, 7) is 1.75. The van der Waals surface area contributed by atoms with Gasteiger partial charge in [-0.2, -0.15) is 0 Å². The lowest BCUT2D eigenvalue weighted by Crippen LogP contribution is -2.33. The van der Waals surface area contributed by atoms with Crippen molar-refractivity contribution in [2.75, 3.05) is 0 Å². The summed E-state index contributed by atoms with van der Waals surface area (Å²) in [5.41, 5.74) is 1.32. The predicted octanol–water partition coefficient (Wildman–Crippen LogP) is 2.76. The van der Waals surface area contributed by atoms with Crippen LogP contribution in [0.3, 0.4) is 0 Å². The lowest BCUT2D eigenvalue weighted by Gasteiger charge is -2.17. The topological polar surface area (TPSA) is 68.5 Å². The van der Waals surface area contributed by atoms with Crippen LogP contribution >= 0.6 is 0 Å². The summed E-state index contributed by atoms with van der Waals surface area (Å²) < 4.78 is 10.5. The van der Waals surface area contributed by atoms with Crippen LogP contribution in [0.25, 0.3) is 0 Å². The van der Waals surface area contributed by atoms with Crippen molar-refractivity contribution < 1.29 is 18.7 Å². The van der Waals surface area contributed by atoms with Gasteiger partial charge in [-0.1, -0.05) is 30.3 Å². The highest BCUT2D eigenvalue weighted by Gasteiger charge is 2.31. The molecule has 1 heterocycles. The molecular weight excluding hydrogens is 282 g/mol. The first-order chi connectivity index (χ1) is 10.6. The van der Waals surface area contributed by atoms with Crippen molar-refractivity contribution in [3.8, 4) is 0 Å². The summed E-state index contributed by atoms with van der Waals surface area (Å²) in [5, 5.41) is 2.87. The second-order valence-electron chi connectivity index (χ2n) is 5.41. The lowest BCUT2D eigenvalue weighted by molar-refractivity contribution is -0.130. The molecule has 114 valence electrons. The Kier molecular flexibility index (Phi) is 3.96. The van der Waals surface area contributed by atoms with Gasteiger partial charge in [0.05, 0.1) is 6.26 Å². The highest BCUT2D eigenvalue weighted by molar-refractivity contribution is 5.91. The van der Waals surface area contributed by atoms with E-state index in [0.29, 0.717) is 11.1 Å². The Labute approximate surface area is 128 Å². The number of rotatable bonds is 5. The summed E-state index contributed by atoms with van der Waals surface area (Å²) in [6, 6.07) is 10.9. The third-order valence-electron chi connectivity index (χ3n) is 3.54. The highest BCUT2D eigenvalue weighted by Crippen LogP contribution is 2.24. The Morgan fingerprint density at radius 3 is 2.55 bits per heavy atom. The Bertz CT molecular complexity index is 673. The molecule has 3 rings (SSSR count). The minimum atomic E-state index is -0.973. The van der Waals surface area contributed by atoms with Crippen LogP contribution < -0.4 is 5.32 Å². The Balaban J connectivity index is 1.80. The van der Waals surface area contributed by atoms with Crippen LogP contribution in [0.15, 0.2) is 47.1 Å². The molecule has 1 aliphatic carbocycles. The van der Waals surface area contributed by atoms with E-state index in [1.54, 1.807) is 37.3 Å². The van der Waals surface area contributed by atoms with Crippen LogP contribution in [-0.2, 0) is 9.53 Å². The van der Waals surface area contributed by atoms with Gasteiger partial charge in [-0.15, -0.1) is 0 Å². The van der Waals surface area contributed by atoms with Crippen molar-refractivity contribution in [3.05, 3.63) is 59.5 Å². The monoisotopic (exact) mass is 299 g/mol. The number of carbonyl (C=O) groups is 2. The van der Waals surface area contributed by atoms with E-state index in [0.717, 1.165) is 12.8 Å². The van der Waals surface area contributed by atoms with Crippen LogP contribution in [-0.4, -0.2) is 17.9 Å². The molecule has 1 amide bonds. The number of hydrogen-bond acceptors (Lipinski definition) is 4. The van der Waals surface area contributed by atoms with E-state index in [-0.39, 0.29) is 17.7 Å². The minimum absolute atomic E-state index is 0.125. The minimum Gasteiger partial charge on any atom is -0.457 e. The van der Waals surface area contributed by atoms with Gasteiger partial charge < -0.3 is 14.5 Å². The fourth-order valence-electron chi connectivity index (χ4n) is 2.15. The molecule has 0 spiro atoms. The first-order valence-corrected chi connectivity index (χ1v) is 7.25. The highest BCUT2D eigenvalue weighted by atomic mass is 16.6. The predicted molar refractivity (Wildman–Crippen MR) is 79.2 cm³/mol. The molecule has 0 saturated heterocycles. The Hall–Kier alpha value is -2.56. The number of furan rings is 1. The first kappa shape index (κ1) is 14.4. The molecule has 5 heteroatoms. The number of aryl methyl sites for hydroxylation is 1. The number of amides is 1. The van der Waals surface area contributed by atoms with Crippen molar-refractivity contribution in [1.82, 2.24) is 5.32 Å². The average Bonchev–Trinajstić information content (AvgIpc) is 3.23. The van der Waals surface area contributed by atoms with Crippen LogP contribution in [0.4, 0.5) is 0 Å². The molecule has 0 radical (unpaired) electrons. The Morgan fingerprint density at radius 1 is 1.23 bits per heavy atom. The second kappa shape index (κ2) is 6.05. The van der Waals surface area contributed by atoms with Crippen LogP contribution in [0.1, 0.15) is 40.6 Å². The van der Waals surface area contributed by atoms with E-state index in [2.05, 4.69) is 5.32 Å². The zero-order valence-corrected chi connectivity index (χ0v) is 12.2. The van der Waals surface area contributed by atoms with Crippen molar-refractivity contribution in [1.29, 1.82) is 0 Å². The molecule has 0 aliphatic heterocycles. The molecule has 2 aromatic rings. The van der Waals surface area contributed by atoms with Crippen molar-refractivity contribution >= 4 is 11.9 Å². The maximum Gasteiger partial charge on any atom is 0.375 e. The summed E-state index contributed by atoms with van der Waals surface area (Å²) in [4.78, 5) is 24.6. The van der Waals surface area contributed by atoms with Gasteiger partial charge in [0, 0.05) is 17.2 Å². The molecule has 1 fully saturated rings. The third kappa shape index (κ3) is 3.19. The fraction of sp³-hybridized carbons (Fsp3) is 0.294. The molecule has 5 nitrogen and oxygen atoms in total. The summed E-state index contributed by atoms with van der Waals surface area (Å²) in [6.07, 6.45) is 2.39. The molecule has 1 atom stereocenters. The summed E-state index contributed by atoms with van der Waals surface area (Å²) in [7, 11) is 0. The van der Waals surface area contributed by atoms with Gasteiger partial charge in [0.1, 0.15) is 0 Å². The normalized spacial score (nSPS) is 15.1. The van der Waals surface area contributed by atoms with Gasteiger partial charge in [-0.3, -0.25) is 4.79 Å². The maximum absolute atomic E-state index is 12.4. The number of benzene rings is 1. The van der Waals surface area contributed by atoms with Crippen molar-refractivity contribution in [2.24, 2.45) is 0 Å². The molecule has 1 saturated carbocycles. The molecule has 1 N–H and O–H groups in total. The zero-order valence-electron chi connectivity index (χ0n) is 12.2. The molecule has 1 aromatic carbocycles. The first-order valence-electron chi connectivity index (χ1n) is 7.25. The number of nitrogens with one attached hydrogen (secondary N) is 1. The molecule has 22 heavy (non-hydrogen) atoms. The average molecular weight is 299 g/mol. The summed E-state index contributed by atoms with van der Waals surface area (Å²) >= 11 is 0. The van der Waals surface area contributed by atoms with Crippen molar-refractivity contribution in [2.45, 2.75) is 31.9 Å². The molecular formula is C17H17NO4. The quantitative estimate of drug-likeness (QED) is 0.862.